The summed E-state index contributed by atoms with van der Waals surface area (Å²) >= 11 is 0. The van der Waals surface area contributed by atoms with Crippen LogP contribution < -0.4 is 10.5 Å². The number of ether oxygens (including phenoxy) is 1. The molecule has 1 amide bonds. The number of benzene rings is 1. The third-order valence-electron chi connectivity index (χ3n) is 2.00. The van der Waals surface area contributed by atoms with Crippen LogP contribution in [0.5, 0.6) is 5.75 Å². The Labute approximate surface area is 102 Å². The molecule has 0 aliphatic rings. The van der Waals surface area contributed by atoms with Gasteiger partial charge in [0.2, 0.25) is 5.91 Å². The first-order chi connectivity index (χ1) is 8.34. The van der Waals surface area contributed by atoms with Crippen LogP contribution in [-0.4, -0.2) is 13.0 Å². The molecule has 1 rings (SSSR count). The van der Waals surface area contributed by atoms with Gasteiger partial charge in [-0.3, -0.25) is 4.79 Å². The van der Waals surface area contributed by atoms with E-state index in [9.17, 15) is 18.0 Å². The molecule has 0 saturated carbocycles. The molecule has 96 valence electrons. The lowest BCUT2D eigenvalue weighted by molar-refractivity contribution is -0.138. The van der Waals surface area contributed by atoms with Crippen LogP contribution >= 0.6 is 0 Å². The number of alkyl halides is 3. The maximum Gasteiger partial charge on any atom is 0.420 e. The SMILES string of the molecule is COc1ccc(C#CCC(N)=O)cc1C(F)(F)F. The highest BCUT2D eigenvalue weighted by molar-refractivity contribution is 5.76. The molecular formula is C12H10F3NO2. The monoisotopic (exact) mass is 257 g/mol. The van der Waals surface area contributed by atoms with Crippen molar-refractivity contribution in [3.05, 3.63) is 29.3 Å². The zero-order valence-electron chi connectivity index (χ0n) is 9.47. The third kappa shape index (κ3) is 3.70. The number of hydrogen-bond donors (Lipinski definition) is 1. The van der Waals surface area contributed by atoms with Gasteiger partial charge in [-0.1, -0.05) is 11.8 Å². The van der Waals surface area contributed by atoms with Crippen LogP contribution in [0.1, 0.15) is 17.5 Å². The number of carbonyl (C=O) groups is 1. The molecule has 6 heteroatoms. The summed E-state index contributed by atoms with van der Waals surface area (Å²) in [7, 11) is 1.16. The lowest BCUT2D eigenvalue weighted by Crippen LogP contribution is -2.08. The van der Waals surface area contributed by atoms with E-state index in [4.69, 9.17) is 5.73 Å². The first-order valence-corrected chi connectivity index (χ1v) is 4.87. The molecule has 1 aromatic carbocycles. The van der Waals surface area contributed by atoms with Crippen molar-refractivity contribution in [2.24, 2.45) is 5.73 Å². The van der Waals surface area contributed by atoms with Gasteiger partial charge in [0.15, 0.2) is 0 Å². The van der Waals surface area contributed by atoms with Gasteiger partial charge < -0.3 is 10.5 Å². The molecule has 0 aliphatic carbocycles. The first kappa shape index (κ1) is 13.9. The fraction of sp³-hybridized carbons (Fsp3) is 0.250. The van der Waals surface area contributed by atoms with Crippen molar-refractivity contribution in [3.63, 3.8) is 0 Å². The Morgan fingerprint density at radius 3 is 2.61 bits per heavy atom. The van der Waals surface area contributed by atoms with E-state index in [1.165, 1.54) is 12.1 Å². The summed E-state index contributed by atoms with van der Waals surface area (Å²) in [6.07, 6.45) is -4.72. The van der Waals surface area contributed by atoms with Gasteiger partial charge in [-0.25, -0.2) is 0 Å². The molecule has 0 fully saturated rings. The molecule has 0 heterocycles. The number of nitrogens with two attached hydrogens (primary N) is 1. The van der Waals surface area contributed by atoms with Gasteiger partial charge in [0, 0.05) is 5.56 Å². The van der Waals surface area contributed by atoms with Gasteiger partial charge in [-0.15, -0.1) is 0 Å². The van der Waals surface area contributed by atoms with Crippen molar-refractivity contribution in [1.82, 2.24) is 0 Å². The molecule has 3 nitrogen and oxygen atoms in total. The lowest BCUT2D eigenvalue weighted by Gasteiger charge is -2.11. The summed E-state index contributed by atoms with van der Waals surface area (Å²) in [5.74, 6) is 3.91. The minimum Gasteiger partial charge on any atom is -0.496 e. The molecule has 0 spiro atoms. The Balaban J connectivity index is 3.10. The second-order valence-corrected chi connectivity index (χ2v) is 3.36. The molecular weight excluding hydrogens is 247 g/mol. The van der Waals surface area contributed by atoms with Crippen molar-refractivity contribution in [3.8, 4) is 17.6 Å². The van der Waals surface area contributed by atoms with E-state index in [0.717, 1.165) is 13.2 Å². The summed E-state index contributed by atoms with van der Waals surface area (Å²) in [5, 5.41) is 0. The van der Waals surface area contributed by atoms with Crippen LogP contribution in [0.15, 0.2) is 18.2 Å². The van der Waals surface area contributed by atoms with E-state index >= 15 is 0 Å². The van der Waals surface area contributed by atoms with Gasteiger partial charge in [0.1, 0.15) is 5.75 Å². The normalized spacial score (nSPS) is 10.4. The van der Waals surface area contributed by atoms with Crippen molar-refractivity contribution in [2.45, 2.75) is 12.6 Å². The molecule has 0 atom stereocenters. The summed E-state index contributed by atoms with van der Waals surface area (Å²) in [5.41, 5.74) is 4.10. The number of halogens is 3. The van der Waals surface area contributed by atoms with Gasteiger partial charge in [0.05, 0.1) is 19.1 Å². The maximum absolute atomic E-state index is 12.7. The number of methoxy groups -OCH3 is 1. The van der Waals surface area contributed by atoms with E-state index in [2.05, 4.69) is 16.6 Å². The van der Waals surface area contributed by atoms with Crippen molar-refractivity contribution in [1.29, 1.82) is 0 Å². The Bertz CT molecular complexity index is 512. The summed E-state index contributed by atoms with van der Waals surface area (Å²) in [6.45, 7) is 0. The standard InChI is InChI=1S/C12H10F3NO2/c1-18-10-6-5-8(3-2-4-11(16)17)7-9(10)12(13,14)15/h5-7H,4H2,1H3,(H2,16,17). The summed E-state index contributed by atoms with van der Waals surface area (Å²) in [6, 6.07) is 3.42. The van der Waals surface area contributed by atoms with E-state index in [0.29, 0.717) is 0 Å². The average Bonchev–Trinajstić information content (AvgIpc) is 2.27. The number of primary amides is 1. The van der Waals surface area contributed by atoms with E-state index in [-0.39, 0.29) is 17.7 Å². The number of hydrogen-bond acceptors (Lipinski definition) is 2. The fourth-order valence-electron chi connectivity index (χ4n) is 1.24. The van der Waals surface area contributed by atoms with E-state index in [1.807, 2.05) is 0 Å². The zero-order chi connectivity index (χ0) is 13.8. The zero-order valence-corrected chi connectivity index (χ0v) is 9.47. The molecule has 0 bridgehead atoms. The molecule has 0 radical (unpaired) electrons. The maximum atomic E-state index is 12.7. The molecule has 1 aromatic rings. The third-order valence-corrected chi connectivity index (χ3v) is 2.00. The quantitative estimate of drug-likeness (QED) is 0.823. The predicted octanol–water partition coefficient (Wildman–Crippen LogP) is 1.94. The van der Waals surface area contributed by atoms with Gasteiger partial charge in [0.25, 0.3) is 0 Å². The topological polar surface area (TPSA) is 52.3 Å². The molecule has 0 unspecified atom stereocenters. The van der Waals surface area contributed by atoms with Crippen LogP contribution in [0, 0.1) is 11.8 Å². The smallest absolute Gasteiger partial charge is 0.420 e. The molecule has 0 aliphatic heterocycles. The lowest BCUT2D eigenvalue weighted by atomic mass is 10.1. The van der Waals surface area contributed by atoms with Crippen molar-refractivity contribution >= 4 is 5.91 Å². The molecule has 0 aromatic heterocycles. The Morgan fingerprint density at radius 1 is 1.44 bits per heavy atom. The second-order valence-electron chi connectivity index (χ2n) is 3.36. The van der Waals surface area contributed by atoms with E-state index in [1.54, 1.807) is 0 Å². The Hall–Kier alpha value is -2.16. The highest BCUT2D eigenvalue weighted by Gasteiger charge is 2.34. The highest BCUT2D eigenvalue weighted by Crippen LogP contribution is 2.36. The van der Waals surface area contributed by atoms with Gasteiger partial charge in [-0.2, -0.15) is 13.2 Å². The average molecular weight is 257 g/mol. The minimum absolute atomic E-state index is 0.143. The molecule has 0 saturated heterocycles. The van der Waals surface area contributed by atoms with Crippen molar-refractivity contribution in [2.75, 3.05) is 7.11 Å². The summed E-state index contributed by atoms with van der Waals surface area (Å²) < 4.78 is 42.6. The van der Waals surface area contributed by atoms with Gasteiger partial charge >= 0.3 is 6.18 Å². The second kappa shape index (κ2) is 5.45. The number of carbonyl (C=O) groups excluding carboxylic acids is 1. The summed E-state index contributed by atoms with van der Waals surface area (Å²) in [4.78, 5) is 10.4. The molecule has 2 N–H and O–H groups in total. The van der Waals surface area contributed by atoms with Gasteiger partial charge in [-0.05, 0) is 18.2 Å². The van der Waals surface area contributed by atoms with Crippen molar-refractivity contribution < 1.29 is 22.7 Å². The van der Waals surface area contributed by atoms with Crippen LogP contribution in [0.25, 0.3) is 0 Å². The van der Waals surface area contributed by atoms with Crippen LogP contribution in [-0.2, 0) is 11.0 Å². The largest absolute Gasteiger partial charge is 0.496 e. The first-order valence-electron chi connectivity index (χ1n) is 4.87. The van der Waals surface area contributed by atoms with Crippen LogP contribution in [0.3, 0.4) is 0 Å². The Kier molecular flexibility index (Phi) is 4.21. The van der Waals surface area contributed by atoms with Crippen LogP contribution in [0.2, 0.25) is 0 Å². The highest BCUT2D eigenvalue weighted by atomic mass is 19.4. The number of rotatable bonds is 2. The fourth-order valence-corrected chi connectivity index (χ4v) is 1.24. The Morgan fingerprint density at radius 2 is 2.11 bits per heavy atom. The molecule has 18 heavy (non-hydrogen) atoms. The number of amides is 1. The van der Waals surface area contributed by atoms with E-state index < -0.39 is 17.6 Å². The minimum atomic E-state index is -4.52. The van der Waals surface area contributed by atoms with Crippen LogP contribution in [0.4, 0.5) is 13.2 Å². The predicted molar refractivity (Wildman–Crippen MR) is 58.7 cm³/mol.